The second-order valence-corrected chi connectivity index (χ2v) is 7.78. The summed E-state index contributed by atoms with van der Waals surface area (Å²) in [5.41, 5.74) is 6.73. The van der Waals surface area contributed by atoms with Gasteiger partial charge in [0.1, 0.15) is 17.1 Å². The standard InChI is InChI=1S/C20H23N7O3/c1-20(2,3)30-13-6-5-12-14(15(13)29-4)25-19(27-8-7-22-16(12)27)26-17(28)11-9-23-18(21)24-10-11/h5-6,9-10H,7-8H2,1-4H3,(H2,21,23,24)(H,25,26,28). The Hall–Kier alpha value is -3.69. The number of rotatable bonds is 3. The molecule has 10 heteroatoms. The highest BCUT2D eigenvalue weighted by atomic mass is 16.5. The van der Waals surface area contributed by atoms with Crippen LogP contribution in [0.3, 0.4) is 0 Å². The number of benzene rings is 1. The van der Waals surface area contributed by atoms with E-state index in [0.717, 1.165) is 11.4 Å². The fourth-order valence-corrected chi connectivity index (χ4v) is 3.23. The van der Waals surface area contributed by atoms with E-state index in [1.165, 1.54) is 12.4 Å². The molecule has 3 heterocycles. The number of aromatic nitrogens is 2. The number of nitrogens with one attached hydrogen (secondary N) is 1. The molecule has 0 radical (unpaired) electrons. The monoisotopic (exact) mass is 409 g/mol. The van der Waals surface area contributed by atoms with Gasteiger partial charge in [0.2, 0.25) is 11.9 Å². The summed E-state index contributed by atoms with van der Waals surface area (Å²) in [6, 6.07) is 3.76. The second-order valence-electron chi connectivity index (χ2n) is 7.78. The predicted octanol–water partition coefficient (Wildman–Crippen LogP) is 1.74. The first-order valence-electron chi connectivity index (χ1n) is 9.47. The van der Waals surface area contributed by atoms with E-state index in [4.69, 9.17) is 20.2 Å². The van der Waals surface area contributed by atoms with Gasteiger partial charge in [-0.2, -0.15) is 0 Å². The van der Waals surface area contributed by atoms with E-state index in [0.29, 0.717) is 36.2 Å². The number of methoxy groups -OCH3 is 1. The minimum atomic E-state index is -0.414. The number of anilines is 1. The first-order chi connectivity index (χ1) is 14.3. The molecule has 2 aliphatic heterocycles. The quantitative estimate of drug-likeness (QED) is 0.790. The van der Waals surface area contributed by atoms with Crippen molar-refractivity contribution in [2.75, 3.05) is 25.9 Å². The van der Waals surface area contributed by atoms with Gasteiger partial charge in [0.25, 0.3) is 5.91 Å². The van der Waals surface area contributed by atoms with Gasteiger partial charge in [-0.3, -0.25) is 20.0 Å². The molecule has 0 saturated carbocycles. The lowest BCUT2D eigenvalue weighted by molar-refractivity contribution is 0.0973. The molecule has 0 aliphatic carbocycles. The molecule has 0 atom stereocenters. The molecule has 1 amide bonds. The first-order valence-corrected chi connectivity index (χ1v) is 9.47. The highest BCUT2D eigenvalue weighted by Gasteiger charge is 2.33. The Morgan fingerprint density at radius 1 is 1.23 bits per heavy atom. The molecule has 30 heavy (non-hydrogen) atoms. The number of nitrogens with zero attached hydrogens (tertiary/aromatic N) is 5. The minimum Gasteiger partial charge on any atom is -0.491 e. The average molecular weight is 409 g/mol. The number of hydrogen-bond acceptors (Lipinski definition) is 9. The van der Waals surface area contributed by atoms with Crippen molar-refractivity contribution in [3.05, 3.63) is 35.7 Å². The summed E-state index contributed by atoms with van der Waals surface area (Å²) in [4.78, 5) is 31.6. The average Bonchev–Trinajstić information content (AvgIpc) is 3.17. The van der Waals surface area contributed by atoms with E-state index in [9.17, 15) is 4.79 Å². The Kier molecular flexibility index (Phi) is 4.76. The first kappa shape index (κ1) is 19.6. The molecule has 0 spiro atoms. The number of fused-ring (bicyclic) bond motifs is 3. The number of nitrogen functional groups attached to an aromatic ring is 1. The summed E-state index contributed by atoms with van der Waals surface area (Å²) < 4.78 is 11.7. The van der Waals surface area contributed by atoms with E-state index in [2.05, 4.69) is 20.3 Å². The zero-order valence-electron chi connectivity index (χ0n) is 17.3. The van der Waals surface area contributed by atoms with Crippen LogP contribution in [0.4, 0.5) is 11.6 Å². The number of carbonyl (C=O) groups excluding carboxylic acids is 1. The number of carbonyl (C=O) groups is 1. The molecular formula is C20H23N7O3. The molecule has 1 aromatic heterocycles. The molecule has 4 rings (SSSR count). The topological polar surface area (TPSA) is 127 Å². The maximum atomic E-state index is 12.7. The Balaban J connectivity index is 1.75. The Labute approximate surface area is 173 Å². The van der Waals surface area contributed by atoms with Gasteiger partial charge in [0, 0.05) is 24.5 Å². The van der Waals surface area contributed by atoms with Crippen LogP contribution in [0.2, 0.25) is 0 Å². The molecule has 3 N–H and O–H groups in total. The summed E-state index contributed by atoms with van der Waals surface area (Å²) in [6.45, 7) is 7.07. The lowest BCUT2D eigenvalue weighted by Crippen LogP contribution is -2.47. The number of hydrogen-bond donors (Lipinski definition) is 2. The van der Waals surface area contributed by atoms with Crippen LogP contribution in [0.1, 0.15) is 36.7 Å². The minimum absolute atomic E-state index is 0.0977. The van der Waals surface area contributed by atoms with Gasteiger partial charge in [0.15, 0.2) is 11.5 Å². The smallest absolute Gasteiger partial charge is 0.261 e. The summed E-state index contributed by atoms with van der Waals surface area (Å²) in [5.74, 6) is 1.83. The number of guanidine groups is 1. The fraction of sp³-hybridized carbons (Fsp3) is 0.350. The lowest BCUT2D eigenvalue weighted by atomic mass is 10.1. The fourth-order valence-electron chi connectivity index (χ4n) is 3.23. The van der Waals surface area contributed by atoms with E-state index < -0.39 is 11.5 Å². The second kappa shape index (κ2) is 7.29. The molecular weight excluding hydrogens is 386 g/mol. The van der Waals surface area contributed by atoms with Gasteiger partial charge in [-0.25, -0.2) is 15.0 Å². The van der Waals surface area contributed by atoms with Crippen molar-refractivity contribution in [2.24, 2.45) is 9.98 Å². The van der Waals surface area contributed by atoms with Crippen LogP contribution in [0.5, 0.6) is 11.5 Å². The number of ether oxygens (including phenoxy) is 2. The molecule has 0 fully saturated rings. The number of amides is 1. The molecule has 10 nitrogen and oxygen atoms in total. The summed E-state index contributed by atoms with van der Waals surface area (Å²) in [6.07, 6.45) is 2.73. The third-order valence-electron chi connectivity index (χ3n) is 4.43. The van der Waals surface area contributed by atoms with Gasteiger partial charge in [-0.05, 0) is 32.9 Å². The zero-order chi connectivity index (χ0) is 21.5. The molecule has 2 aromatic rings. The Morgan fingerprint density at radius 3 is 2.63 bits per heavy atom. The summed E-state index contributed by atoms with van der Waals surface area (Å²) >= 11 is 0. The third kappa shape index (κ3) is 3.63. The van der Waals surface area contributed by atoms with Crippen molar-refractivity contribution >= 4 is 29.3 Å². The van der Waals surface area contributed by atoms with E-state index in [1.54, 1.807) is 7.11 Å². The van der Waals surface area contributed by atoms with Crippen LogP contribution in [-0.4, -0.2) is 58.4 Å². The third-order valence-corrected chi connectivity index (χ3v) is 4.43. The number of amidine groups is 1. The lowest BCUT2D eigenvalue weighted by Gasteiger charge is -2.29. The van der Waals surface area contributed by atoms with Crippen molar-refractivity contribution in [1.82, 2.24) is 20.2 Å². The number of nitrogens with two attached hydrogens (primary N) is 1. The van der Waals surface area contributed by atoms with Gasteiger partial charge >= 0.3 is 0 Å². The van der Waals surface area contributed by atoms with Gasteiger partial charge in [-0.1, -0.05) is 0 Å². The molecule has 0 bridgehead atoms. The van der Waals surface area contributed by atoms with E-state index >= 15 is 0 Å². The summed E-state index contributed by atoms with van der Waals surface area (Å²) in [5, 5.41) is 2.82. The van der Waals surface area contributed by atoms with Crippen LogP contribution >= 0.6 is 0 Å². The molecule has 2 aliphatic rings. The maximum absolute atomic E-state index is 12.7. The van der Waals surface area contributed by atoms with Gasteiger partial charge < -0.3 is 15.2 Å². The van der Waals surface area contributed by atoms with E-state index in [-0.39, 0.29) is 11.5 Å². The normalized spacial score (nSPS) is 15.0. The zero-order valence-corrected chi connectivity index (χ0v) is 17.3. The van der Waals surface area contributed by atoms with Crippen molar-refractivity contribution < 1.29 is 14.3 Å². The Bertz CT molecular complexity index is 1060. The largest absolute Gasteiger partial charge is 0.491 e. The van der Waals surface area contributed by atoms with Crippen LogP contribution < -0.4 is 20.5 Å². The Morgan fingerprint density at radius 2 is 1.97 bits per heavy atom. The van der Waals surface area contributed by atoms with Crippen LogP contribution in [0, 0.1) is 0 Å². The molecule has 156 valence electrons. The van der Waals surface area contributed by atoms with Crippen molar-refractivity contribution in [3.8, 4) is 11.5 Å². The highest BCUT2D eigenvalue weighted by molar-refractivity contribution is 6.20. The van der Waals surface area contributed by atoms with Crippen LogP contribution in [-0.2, 0) is 0 Å². The number of aliphatic imine (C=N–C) groups is 2. The summed E-state index contributed by atoms with van der Waals surface area (Å²) in [7, 11) is 1.56. The SMILES string of the molecule is COc1c(OC(C)(C)C)ccc2c1N=C(NC(=O)c1cnc(N)nc1)N1CCN=C21. The maximum Gasteiger partial charge on any atom is 0.261 e. The van der Waals surface area contributed by atoms with Gasteiger partial charge in [-0.15, -0.1) is 0 Å². The van der Waals surface area contributed by atoms with Crippen LogP contribution in [0.25, 0.3) is 0 Å². The van der Waals surface area contributed by atoms with Crippen molar-refractivity contribution in [3.63, 3.8) is 0 Å². The van der Waals surface area contributed by atoms with Crippen LogP contribution in [0.15, 0.2) is 34.5 Å². The van der Waals surface area contributed by atoms with E-state index in [1.807, 2.05) is 37.8 Å². The molecule has 0 saturated heterocycles. The van der Waals surface area contributed by atoms with Crippen molar-refractivity contribution in [2.45, 2.75) is 26.4 Å². The molecule has 0 unspecified atom stereocenters. The van der Waals surface area contributed by atoms with Crippen molar-refractivity contribution in [1.29, 1.82) is 0 Å². The molecule has 1 aromatic carbocycles. The predicted molar refractivity (Wildman–Crippen MR) is 112 cm³/mol. The highest BCUT2D eigenvalue weighted by Crippen LogP contribution is 2.44. The van der Waals surface area contributed by atoms with Gasteiger partial charge in [0.05, 0.1) is 19.2 Å².